The highest BCUT2D eigenvalue weighted by molar-refractivity contribution is 5.85. The molecule has 0 aliphatic rings. The number of nitrogens with one attached hydrogen (secondary N) is 1. The predicted molar refractivity (Wildman–Crippen MR) is 72.4 cm³/mol. The summed E-state index contributed by atoms with van der Waals surface area (Å²) in [7, 11) is 0. The number of aliphatic hydroxyl groups excluding tert-OH is 1. The molecule has 110 valence electrons. The number of aromatic carboxylic acids is 1. The maximum absolute atomic E-state index is 11.8. The summed E-state index contributed by atoms with van der Waals surface area (Å²) in [4.78, 5) is 27.9. The SMILES string of the molecule is CCN(CCCO)C(=O)NCc1ccc(C(=O)O)nc1. The molecule has 0 aromatic carbocycles. The number of carboxylic acids is 1. The zero-order chi connectivity index (χ0) is 15.0. The Morgan fingerprint density at radius 2 is 2.15 bits per heavy atom. The van der Waals surface area contributed by atoms with Gasteiger partial charge in [0.25, 0.3) is 0 Å². The van der Waals surface area contributed by atoms with Crippen molar-refractivity contribution in [1.29, 1.82) is 0 Å². The molecule has 0 bridgehead atoms. The molecule has 0 saturated carbocycles. The lowest BCUT2D eigenvalue weighted by atomic mass is 10.2. The van der Waals surface area contributed by atoms with Crippen LogP contribution in [0.2, 0.25) is 0 Å². The molecule has 1 aromatic heterocycles. The van der Waals surface area contributed by atoms with Gasteiger partial charge in [0.1, 0.15) is 5.69 Å². The smallest absolute Gasteiger partial charge is 0.354 e. The molecule has 2 amide bonds. The van der Waals surface area contributed by atoms with Crippen LogP contribution in [-0.4, -0.2) is 51.8 Å². The number of aliphatic hydroxyl groups is 1. The van der Waals surface area contributed by atoms with E-state index in [1.54, 1.807) is 11.0 Å². The molecular weight excluding hydrogens is 262 g/mol. The van der Waals surface area contributed by atoms with E-state index in [9.17, 15) is 9.59 Å². The fourth-order valence-corrected chi connectivity index (χ4v) is 1.61. The second-order valence-corrected chi connectivity index (χ2v) is 4.17. The van der Waals surface area contributed by atoms with Crippen molar-refractivity contribution in [1.82, 2.24) is 15.2 Å². The van der Waals surface area contributed by atoms with Gasteiger partial charge < -0.3 is 20.4 Å². The van der Waals surface area contributed by atoms with Gasteiger partial charge in [0, 0.05) is 32.4 Å². The van der Waals surface area contributed by atoms with E-state index in [1.807, 2.05) is 6.92 Å². The van der Waals surface area contributed by atoms with Crippen LogP contribution in [0.1, 0.15) is 29.4 Å². The lowest BCUT2D eigenvalue weighted by Crippen LogP contribution is -2.40. The maximum Gasteiger partial charge on any atom is 0.354 e. The van der Waals surface area contributed by atoms with E-state index in [-0.39, 0.29) is 24.9 Å². The summed E-state index contributed by atoms with van der Waals surface area (Å²) < 4.78 is 0. The first-order chi connectivity index (χ1) is 9.58. The number of hydrogen-bond donors (Lipinski definition) is 3. The van der Waals surface area contributed by atoms with E-state index in [0.29, 0.717) is 19.5 Å². The second kappa shape index (κ2) is 8.11. The summed E-state index contributed by atoms with van der Waals surface area (Å²) in [6.07, 6.45) is 1.96. The summed E-state index contributed by atoms with van der Waals surface area (Å²) in [6.45, 7) is 3.24. The number of amides is 2. The lowest BCUT2D eigenvalue weighted by Gasteiger charge is -2.20. The number of nitrogens with zero attached hydrogens (tertiary/aromatic N) is 2. The molecule has 0 aliphatic heterocycles. The highest BCUT2D eigenvalue weighted by atomic mass is 16.4. The third-order valence-corrected chi connectivity index (χ3v) is 2.74. The molecule has 0 saturated heterocycles. The molecule has 0 aliphatic carbocycles. The molecule has 0 radical (unpaired) electrons. The van der Waals surface area contributed by atoms with E-state index < -0.39 is 5.97 Å². The van der Waals surface area contributed by atoms with Gasteiger partial charge in [0.2, 0.25) is 0 Å². The summed E-state index contributed by atoms with van der Waals surface area (Å²) in [6, 6.07) is 2.79. The van der Waals surface area contributed by atoms with E-state index in [1.165, 1.54) is 12.3 Å². The summed E-state index contributed by atoms with van der Waals surface area (Å²) in [5, 5.41) is 20.2. The standard InChI is InChI=1S/C13H19N3O4/c1-2-16(6-3-7-17)13(20)15-9-10-4-5-11(12(18)19)14-8-10/h4-5,8,17H,2-3,6-7,9H2,1H3,(H,15,20)(H,18,19). The van der Waals surface area contributed by atoms with Gasteiger partial charge in [-0.3, -0.25) is 0 Å². The van der Waals surface area contributed by atoms with Crippen LogP contribution in [0, 0.1) is 0 Å². The molecule has 0 atom stereocenters. The van der Waals surface area contributed by atoms with Crippen LogP contribution in [0.15, 0.2) is 18.3 Å². The van der Waals surface area contributed by atoms with Crippen molar-refractivity contribution in [3.05, 3.63) is 29.6 Å². The number of pyridine rings is 1. The van der Waals surface area contributed by atoms with E-state index >= 15 is 0 Å². The van der Waals surface area contributed by atoms with Crippen molar-refractivity contribution in [2.75, 3.05) is 19.7 Å². The number of urea groups is 1. The number of carboxylic acid groups (broad SMARTS) is 1. The number of hydrogen-bond acceptors (Lipinski definition) is 4. The predicted octanol–water partition coefficient (Wildman–Crippen LogP) is 0.694. The van der Waals surface area contributed by atoms with Crippen molar-refractivity contribution < 1.29 is 19.8 Å². The normalized spacial score (nSPS) is 10.1. The Hall–Kier alpha value is -2.15. The van der Waals surface area contributed by atoms with Crippen molar-refractivity contribution in [2.24, 2.45) is 0 Å². The Balaban J connectivity index is 2.49. The molecular formula is C13H19N3O4. The van der Waals surface area contributed by atoms with Gasteiger partial charge in [-0.1, -0.05) is 6.07 Å². The van der Waals surface area contributed by atoms with Gasteiger partial charge in [-0.25, -0.2) is 14.6 Å². The third-order valence-electron chi connectivity index (χ3n) is 2.74. The van der Waals surface area contributed by atoms with Gasteiger partial charge in [0.15, 0.2) is 0 Å². The molecule has 7 nitrogen and oxygen atoms in total. The number of carbonyl (C=O) groups is 2. The van der Waals surface area contributed by atoms with Gasteiger partial charge >= 0.3 is 12.0 Å². The lowest BCUT2D eigenvalue weighted by molar-refractivity contribution is 0.0690. The van der Waals surface area contributed by atoms with Crippen molar-refractivity contribution >= 4 is 12.0 Å². The summed E-state index contributed by atoms with van der Waals surface area (Å²) >= 11 is 0. The highest BCUT2D eigenvalue weighted by Gasteiger charge is 2.10. The minimum Gasteiger partial charge on any atom is -0.477 e. The van der Waals surface area contributed by atoms with E-state index in [0.717, 1.165) is 5.56 Å². The first kappa shape index (κ1) is 15.9. The first-order valence-electron chi connectivity index (χ1n) is 6.40. The van der Waals surface area contributed by atoms with Crippen LogP contribution in [0.25, 0.3) is 0 Å². The van der Waals surface area contributed by atoms with Crippen molar-refractivity contribution in [2.45, 2.75) is 19.9 Å². The van der Waals surface area contributed by atoms with Crippen LogP contribution in [0.4, 0.5) is 4.79 Å². The van der Waals surface area contributed by atoms with Crippen molar-refractivity contribution in [3.8, 4) is 0 Å². The fraction of sp³-hybridized carbons (Fsp3) is 0.462. The van der Waals surface area contributed by atoms with Gasteiger partial charge in [-0.05, 0) is 25.0 Å². The Kier molecular flexibility index (Phi) is 6.45. The average Bonchev–Trinajstić information content (AvgIpc) is 2.46. The molecule has 20 heavy (non-hydrogen) atoms. The Morgan fingerprint density at radius 1 is 1.40 bits per heavy atom. The Morgan fingerprint density at radius 3 is 2.65 bits per heavy atom. The third kappa shape index (κ3) is 4.85. The molecule has 7 heteroatoms. The first-order valence-corrected chi connectivity index (χ1v) is 6.40. The van der Waals surface area contributed by atoms with Crippen LogP contribution in [-0.2, 0) is 6.54 Å². The van der Waals surface area contributed by atoms with E-state index in [4.69, 9.17) is 10.2 Å². The average molecular weight is 281 g/mol. The Bertz CT molecular complexity index is 447. The summed E-state index contributed by atoms with van der Waals surface area (Å²) in [5.41, 5.74) is 0.694. The molecule has 1 aromatic rings. The zero-order valence-electron chi connectivity index (χ0n) is 11.4. The maximum atomic E-state index is 11.8. The molecule has 0 unspecified atom stereocenters. The minimum absolute atomic E-state index is 0.0294. The minimum atomic E-state index is -1.08. The number of rotatable bonds is 7. The highest BCUT2D eigenvalue weighted by Crippen LogP contribution is 2.01. The number of carbonyl (C=O) groups excluding carboxylic acids is 1. The number of aromatic nitrogens is 1. The van der Waals surface area contributed by atoms with Crippen LogP contribution < -0.4 is 5.32 Å². The fourth-order valence-electron chi connectivity index (χ4n) is 1.61. The van der Waals surface area contributed by atoms with Crippen LogP contribution in [0.3, 0.4) is 0 Å². The second-order valence-electron chi connectivity index (χ2n) is 4.17. The monoisotopic (exact) mass is 281 g/mol. The molecule has 1 rings (SSSR count). The van der Waals surface area contributed by atoms with E-state index in [2.05, 4.69) is 10.3 Å². The zero-order valence-corrected chi connectivity index (χ0v) is 11.4. The van der Waals surface area contributed by atoms with Crippen LogP contribution >= 0.6 is 0 Å². The largest absolute Gasteiger partial charge is 0.477 e. The Labute approximate surface area is 117 Å². The van der Waals surface area contributed by atoms with Gasteiger partial charge in [-0.2, -0.15) is 0 Å². The van der Waals surface area contributed by atoms with Gasteiger partial charge in [0.05, 0.1) is 0 Å². The molecule has 0 fully saturated rings. The molecule has 3 N–H and O–H groups in total. The van der Waals surface area contributed by atoms with Gasteiger partial charge in [-0.15, -0.1) is 0 Å². The quantitative estimate of drug-likeness (QED) is 0.682. The molecule has 1 heterocycles. The topological polar surface area (TPSA) is 103 Å². The van der Waals surface area contributed by atoms with Crippen molar-refractivity contribution in [3.63, 3.8) is 0 Å². The van der Waals surface area contributed by atoms with Crippen LogP contribution in [0.5, 0.6) is 0 Å². The summed E-state index contributed by atoms with van der Waals surface area (Å²) in [5.74, 6) is -1.08. The molecule has 0 spiro atoms.